The van der Waals surface area contributed by atoms with Gasteiger partial charge in [0.1, 0.15) is 0 Å². The third-order valence-corrected chi connectivity index (χ3v) is 3.45. The summed E-state index contributed by atoms with van der Waals surface area (Å²) in [6, 6.07) is 0. The maximum Gasteiger partial charge on any atom is 0.473 e. The van der Waals surface area contributed by atoms with Gasteiger partial charge in [-0.3, -0.25) is 14.2 Å². The number of hydrogen-bond donors (Lipinski definition) is 0. The number of rotatable bonds is 1. The zero-order chi connectivity index (χ0) is 14.6. The van der Waals surface area contributed by atoms with Crippen LogP contribution in [0.15, 0.2) is 0 Å². The standard InChI is InChI=1S/C5Cl7F3O3/c6-1(7)2(8,9)17-4(16-1,3(13,14)15)18-5(10,11)12. The summed E-state index contributed by atoms with van der Waals surface area (Å²) in [7, 11) is 0. The average Bonchev–Trinajstić information content (AvgIpc) is 2.11. The van der Waals surface area contributed by atoms with Gasteiger partial charge in [0, 0.05) is 0 Å². The molecule has 0 radical (unpaired) electrons. The molecule has 0 spiro atoms. The lowest BCUT2D eigenvalue weighted by Crippen LogP contribution is -2.52. The molecule has 0 aromatic rings. The Morgan fingerprint density at radius 3 is 1.39 bits per heavy atom. The molecule has 1 saturated heterocycles. The molecule has 1 rings (SSSR count). The van der Waals surface area contributed by atoms with E-state index in [9.17, 15) is 13.2 Å². The van der Waals surface area contributed by atoms with Crippen molar-refractivity contribution in [2.45, 2.75) is 25.2 Å². The van der Waals surface area contributed by atoms with E-state index in [-0.39, 0.29) is 0 Å². The summed E-state index contributed by atoms with van der Waals surface area (Å²) >= 11 is 36.5. The molecule has 0 unspecified atom stereocenters. The summed E-state index contributed by atoms with van der Waals surface area (Å²) in [5.74, 6) is -3.94. The fraction of sp³-hybridized carbons (Fsp3) is 1.00. The first-order chi connectivity index (χ1) is 7.62. The van der Waals surface area contributed by atoms with E-state index < -0.39 is 25.2 Å². The molecule has 0 aliphatic carbocycles. The highest BCUT2D eigenvalue weighted by Crippen LogP contribution is 2.60. The molecule has 0 amide bonds. The molecule has 13 heteroatoms. The summed E-state index contributed by atoms with van der Waals surface area (Å²) in [6.07, 6.45) is -5.36. The second-order valence-electron chi connectivity index (χ2n) is 2.84. The van der Waals surface area contributed by atoms with Crippen LogP contribution in [0.1, 0.15) is 0 Å². The minimum atomic E-state index is -5.36. The Morgan fingerprint density at radius 2 is 1.17 bits per heavy atom. The number of ether oxygens (including phenoxy) is 3. The van der Waals surface area contributed by atoms with Crippen molar-refractivity contribution >= 4 is 81.2 Å². The summed E-state index contributed by atoms with van der Waals surface area (Å²) in [4.78, 5) is 0. The molecular formula is C5Cl7F3O3. The molecule has 3 nitrogen and oxygen atoms in total. The molecule has 0 aromatic heterocycles. The van der Waals surface area contributed by atoms with Gasteiger partial charge in [-0.05, 0) is 0 Å². The fourth-order valence-corrected chi connectivity index (χ4v) is 1.71. The monoisotopic (exact) mass is 410 g/mol. The predicted octanol–water partition coefficient (Wildman–Crippen LogP) is 4.86. The molecule has 1 fully saturated rings. The fourth-order valence-electron chi connectivity index (χ4n) is 0.845. The van der Waals surface area contributed by atoms with E-state index in [1.54, 1.807) is 0 Å². The maximum atomic E-state index is 12.8. The molecule has 1 aliphatic rings. The Labute approximate surface area is 133 Å². The first-order valence-corrected chi connectivity index (χ1v) is 6.26. The van der Waals surface area contributed by atoms with Crippen LogP contribution < -0.4 is 0 Å². The molecular weight excluding hydrogens is 413 g/mol. The van der Waals surface area contributed by atoms with Gasteiger partial charge in [0.25, 0.3) is 9.04 Å². The molecule has 18 heavy (non-hydrogen) atoms. The SMILES string of the molecule is FC(F)(F)C1(OC(Cl)(Cl)Cl)OC(Cl)(Cl)C(Cl)(Cl)O1. The van der Waals surface area contributed by atoms with Gasteiger partial charge in [0.15, 0.2) is 0 Å². The van der Waals surface area contributed by atoms with Crippen LogP contribution >= 0.6 is 81.2 Å². The van der Waals surface area contributed by atoms with Gasteiger partial charge in [-0.1, -0.05) is 81.2 Å². The van der Waals surface area contributed by atoms with Crippen molar-refractivity contribution in [2.75, 3.05) is 0 Å². The van der Waals surface area contributed by atoms with Gasteiger partial charge >= 0.3 is 16.1 Å². The summed E-state index contributed by atoms with van der Waals surface area (Å²) in [6.45, 7) is 0. The largest absolute Gasteiger partial charge is 0.473 e. The van der Waals surface area contributed by atoms with Crippen molar-refractivity contribution in [1.29, 1.82) is 0 Å². The van der Waals surface area contributed by atoms with Gasteiger partial charge in [0.05, 0.1) is 0 Å². The van der Waals surface area contributed by atoms with Crippen LogP contribution in [0.2, 0.25) is 0 Å². The van der Waals surface area contributed by atoms with E-state index in [1.165, 1.54) is 0 Å². The lowest BCUT2D eigenvalue weighted by Gasteiger charge is -2.31. The Balaban J connectivity index is 3.20. The molecule has 1 aliphatic heterocycles. The first-order valence-electron chi connectivity index (χ1n) is 3.61. The van der Waals surface area contributed by atoms with E-state index in [0.29, 0.717) is 0 Å². The summed E-state index contributed by atoms with van der Waals surface area (Å²) in [5, 5.41) is 0. The van der Waals surface area contributed by atoms with Crippen LogP contribution in [0.3, 0.4) is 0 Å². The number of hydrogen-bond acceptors (Lipinski definition) is 3. The molecule has 0 atom stereocenters. The number of alkyl halides is 10. The van der Waals surface area contributed by atoms with Gasteiger partial charge in [-0.15, -0.1) is 0 Å². The van der Waals surface area contributed by atoms with Gasteiger partial charge in [-0.2, -0.15) is 13.2 Å². The van der Waals surface area contributed by atoms with E-state index in [4.69, 9.17) is 81.2 Å². The van der Waals surface area contributed by atoms with Gasteiger partial charge in [0.2, 0.25) is 0 Å². The minimum absolute atomic E-state index is 2.82. The van der Waals surface area contributed by atoms with Crippen LogP contribution in [-0.2, 0) is 14.2 Å². The second-order valence-corrected chi connectivity index (χ2v) is 7.53. The van der Waals surface area contributed by atoms with E-state index in [2.05, 4.69) is 14.2 Å². The molecule has 108 valence electrons. The van der Waals surface area contributed by atoms with E-state index in [0.717, 1.165) is 0 Å². The van der Waals surface area contributed by atoms with Crippen molar-refractivity contribution < 1.29 is 27.4 Å². The number of halogens is 10. The summed E-state index contributed by atoms with van der Waals surface area (Å²) < 4.78 is 42.3. The van der Waals surface area contributed by atoms with Crippen LogP contribution in [-0.4, -0.2) is 25.2 Å². The third kappa shape index (κ3) is 3.47. The summed E-state index contributed by atoms with van der Waals surface area (Å²) in [5.41, 5.74) is 0. The Morgan fingerprint density at radius 1 is 0.833 bits per heavy atom. The van der Waals surface area contributed by atoms with Crippen LogP contribution in [0, 0.1) is 0 Å². The van der Waals surface area contributed by atoms with Crippen molar-refractivity contribution in [2.24, 2.45) is 0 Å². The van der Waals surface area contributed by atoms with Crippen LogP contribution in [0.25, 0.3) is 0 Å². The highest BCUT2D eigenvalue weighted by molar-refractivity contribution is 6.66. The quantitative estimate of drug-likeness (QED) is 0.575. The molecule has 0 N–H and O–H groups in total. The topological polar surface area (TPSA) is 27.7 Å². The van der Waals surface area contributed by atoms with E-state index >= 15 is 0 Å². The zero-order valence-electron chi connectivity index (χ0n) is 7.50. The van der Waals surface area contributed by atoms with Crippen molar-refractivity contribution in [3.63, 3.8) is 0 Å². The third-order valence-electron chi connectivity index (χ3n) is 1.46. The van der Waals surface area contributed by atoms with Crippen LogP contribution in [0.5, 0.6) is 0 Å². The second kappa shape index (κ2) is 4.87. The van der Waals surface area contributed by atoms with E-state index in [1.807, 2.05) is 0 Å². The Bertz CT molecular complexity index is 322. The van der Waals surface area contributed by atoms with Crippen molar-refractivity contribution in [1.82, 2.24) is 0 Å². The Kier molecular flexibility index (Phi) is 4.80. The predicted molar refractivity (Wildman–Crippen MR) is 61.2 cm³/mol. The molecule has 0 aromatic carbocycles. The van der Waals surface area contributed by atoms with Gasteiger partial charge < -0.3 is 0 Å². The van der Waals surface area contributed by atoms with Crippen molar-refractivity contribution in [3.05, 3.63) is 0 Å². The Hall–Kier alpha value is 1.70. The normalized spacial score (nSPS) is 26.3. The smallest absolute Gasteiger partial charge is 0.278 e. The zero-order valence-corrected chi connectivity index (χ0v) is 12.8. The highest BCUT2D eigenvalue weighted by atomic mass is 35.6. The highest BCUT2D eigenvalue weighted by Gasteiger charge is 2.77. The van der Waals surface area contributed by atoms with Gasteiger partial charge in [-0.25, -0.2) is 0 Å². The van der Waals surface area contributed by atoms with Crippen LogP contribution in [0.4, 0.5) is 13.2 Å². The minimum Gasteiger partial charge on any atom is -0.278 e. The first kappa shape index (κ1) is 17.8. The lowest BCUT2D eigenvalue weighted by atomic mass is 10.5. The maximum absolute atomic E-state index is 12.8. The van der Waals surface area contributed by atoms with Crippen molar-refractivity contribution in [3.8, 4) is 0 Å². The molecule has 0 saturated carbocycles. The lowest BCUT2D eigenvalue weighted by molar-refractivity contribution is -0.458. The molecule has 0 bridgehead atoms. The average molecular weight is 413 g/mol. The molecule has 1 heterocycles.